The first-order valence-corrected chi connectivity index (χ1v) is 10.0. The minimum Gasteiger partial charge on any atom is -0.510 e. The van der Waals surface area contributed by atoms with E-state index in [4.69, 9.17) is 10.5 Å². The molecule has 4 N–H and O–H groups in total. The molecule has 3 rings (SSSR count). The molecule has 8 nitrogen and oxygen atoms in total. The van der Waals surface area contributed by atoms with E-state index < -0.39 is 11.9 Å². The van der Waals surface area contributed by atoms with Gasteiger partial charge in [-0.25, -0.2) is 14.8 Å². The number of aromatic nitrogens is 3. The molecular formula is C18H18N4O4S2. The molecule has 1 amide bonds. The molecule has 146 valence electrons. The first kappa shape index (κ1) is 19.9. The number of nitrogens with zero attached hydrogens (tertiary/aromatic N) is 2. The zero-order chi connectivity index (χ0) is 20.3. The fourth-order valence-corrected chi connectivity index (χ4v) is 4.63. The van der Waals surface area contributed by atoms with Gasteiger partial charge in [0.25, 0.3) is 0 Å². The molecule has 28 heavy (non-hydrogen) atoms. The SMILES string of the molecule is COC(=O)/C(=C(/O)CSc1nc(C)c(CC(N)=O)s1)c1nc2ccccc2[nH]1. The number of thioether (sulfide) groups is 1. The highest BCUT2D eigenvalue weighted by atomic mass is 32.2. The number of fused-ring (bicyclic) bond motifs is 1. The number of rotatable bonds is 7. The average Bonchev–Trinajstić information content (AvgIpc) is 3.22. The molecular weight excluding hydrogens is 400 g/mol. The van der Waals surface area contributed by atoms with Crippen molar-refractivity contribution in [3.05, 3.63) is 46.4 Å². The van der Waals surface area contributed by atoms with Gasteiger partial charge in [0, 0.05) is 4.88 Å². The van der Waals surface area contributed by atoms with E-state index in [0.29, 0.717) is 9.86 Å². The number of benzene rings is 1. The van der Waals surface area contributed by atoms with Gasteiger partial charge >= 0.3 is 5.97 Å². The predicted molar refractivity (Wildman–Crippen MR) is 108 cm³/mol. The highest BCUT2D eigenvalue weighted by Crippen LogP contribution is 2.30. The molecule has 0 aliphatic carbocycles. The molecule has 0 fully saturated rings. The van der Waals surface area contributed by atoms with E-state index in [9.17, 15) is 14.7 Å². The lowest BCUT2D eigenvalue weighted by Gasteiger charge is -2.06. The van der Waals surface area contributed by atoms with Crippen molar-refractivity contribution >= 4 is 51.6 Å². The number of thiazole rings is 1. The number of nitrogens with two attached hydrogens (primary N) is 1. The van der Waals surface area contributed by atoms with Crippen LogP contribution in [0.3, 0.4) is 0 Å². The first-order valence-electron chi connectivity index (χ1n) is 8.22. The van der Waals surface area contributed by atoms with Gasteiger partial charge in [-0.1, -0.05) is 23.9 Å². The summed E-state index contributed by atoms with van der Waals surface area (Å²) in [6.07, 6.45) is 0.123. The Morgan fingerprint density at radius 3 is 2.75 bits per heavy atom. The number of primary amides is 1. The van der Waals surface area contributed by atoms with Crippen LogP contribution in [-0.2, 0) is 20.7 Å². The molecule has 0 aliphatic rings. The molecule has 0 spiro atoms. The zero-order valence-corrected chi connectivity index (χ0v) is 16.8. The molecule has 0 saturated heterocycles. The number of nitrogens with one attached hydrogen (secondary N) is 1. The first-order chi connectivity index (χ1) is 13.4. The lowest BCUT2D eigenvalue weighted by molar-refractivity contribution is -0.133. The molecule has 0 unspecified atom stereocenters. The highest BCUT2D eigenvalue weighted by Gasteiger charge is 2.22. The third-order valence-electron chi connectivity index (χ3n) is 3.84. The van der Waals surface area contributed by atoms with Crippen LogP contribution in [0.2, 0.25) is 0 Å². The van der Waals surface area contributed by atoms with Crippen molar-refractivity contribution in [1.82, 2.24) is 15.0 Å². The standard InChI is InChI=1S/C18H18N4O4S2/c1-9-13(7-14(19)24)28-18(20-9)27-8-12(23)15(17(25)26-2)16-21-10-5-3-4-6-11(10)22-16/h3-6,23H,7-8H2,1-2H3,(H2,19,24)(H,21,22)/b15-12+. The predicted octanol–water partition coefficient (Wildman–Crippen LogP) is 2.59. The fourth-order valence-electron chi connectivity index (χ4n) is 2.51. The number of H-pyrrole nitrogens is 1. The van der Waals surface area contributed by atoms with E-state index in [2.05, 4.69) is 15.0 Å². The topological polar surface area (TPSA) is 131 Å². The van der Waals surface area contributed by atoms with E-state index in [0.717, 1.165) is 16.1 Å². The van der Waals surface area contributed by atoms with Gasteiger partial charge in [0.1, 0.15) is 17.2 Å². The maximum absolute atomic E-state index is 12.2. The number of aliphatic hydroxyl groups is 1. The van der Waals surface area contributed by atoms with Crippen molar-refractivity contribution in [3.63, 3.8) is 0 Å². The van der Waals surface area contributed by atoms with E-state index in [-0.39, 0.29) is 29.3 Å². The number of hydrogen-bond acceptors (Lipinski definition) is 8. The molecule has 0 atom stereocenters. The van der Waals surface area contributed by atoms with Crippen molar-refractivity contribution < 1.29 is 19.4 Å². The third-order valence-corrected chi connectivity index (χ3v) is 6.16. The maximum Gasteiger partial charge on any atom is 0.345 e. The summed E-state index contributed by atoms with van der Waals surface area (Å²) < 4.78 is 5.47. The molecule has 3 aromatic rings. The number of imidazole rings is 1. The molecule has 0 aliphatic heterocycles. The molecule has 10 heteroatoms. The molecule has 0 radical (unpaired) electrons. The highest BCUT2D eigenvalue weighted by molar-refractivity contribution is 8.01. The lowest BCUT2D eigenvalue weighted by Crippen LogP contribution is -2.13. The van der Waals surface area contributed by atoms with E-state index in [1.807, 2.05) is 18.2 Å². The van der Waals surface area contributed by atoms with Crippen LogP contribution in [0.5, 0.6) is 0 Å². The Balaban J connectivity index is 1.86. The summed E-state index contributed by atoms with van der Waals surface area (Å²) in [4.78, 5) is 35.9. The fraction of sp³-hybridized carbons (Fsp3) is 0.222. The van der Waals surface area contributed by atoms with Crippen LogP contribution in [0.4, 0.5) is 0 Å². The summed E-state index contributed by atoms with van der Waals surface area (Å²) in [6.45, 7) is 1.79. The normalized spacial score (nSPS) is 12.1. The number of aryl methyl sites for hydroxylation is 1. The minimum atomic E-state index is -0.693. The second kappa shape index (κ2) is 8.44. The summed E-state index contributed by atoms with van der Waals surface area (Å²) >= 11 is 2.58. The summed E-state index contributed by atoms with van der Waals surface area (Å²) in [6, 6.07) is 7.30. The van der Waals surface area contributed by atoms with Crippen LogP contribution in [0.25, 0.3) is 16.6 Å². The monoisotopic (exact) mass is 418 g/mol. The molecule has 2 heterocycles. The number of methoxy groups -OCH3 is 1. The Morgan fingerprint density at radius 1 is 1.32 bits per heavy atom. The minimum absolute atomic E-state index is 0.0307. The second-order valence-corrected chi connectivity index (χ2v) is 8.14. The van der Waals surface area contributed by atoms with Crippen molar-refractivity contribution in [2.45, 2.75) is 17.7 Å². The van der Waals surface area contributed by atoms with Crippen LogP contribution < -0.4 is 5.73 Å². The van der Waals surface area contributed by atoms with Crippen LogP contribution in [-0.4, -0.2) is 44.8 Å². The molecule has 2 aromatic heterocycles. The van der Waals surface area contributed by atoms with Crippen molar-refractivity contribution in [2.24, 2.45) is 5.73 Å². The maximum atomic E-state index is 12.2. The number of esters is 1. The number of aromatic amines is 1. The van der Waals surface area contributed by atoms with Gasteiger partial charge in [0.05, 0.1) is 36.0 Å². The Hall–Kier alpha value is -2.85. The zero-order valence-electron chi connectivity index (χ0n) is 15.2. The van der Waals surface area contributed by atoms with Crippen LogP contribution in [0.15, 0.2) is 34.4 Å². The summed E-state index contributed by atoms with van der Waals surface area (Å²) in [5.74, 6) is -0.980. The van der Waals surface area contributed by atoms with Gasteiger partial charge in [0.15, 0.2) is 4.34 Å². The number of hydrogen-bond donors (Lipinski definition) is 3. The summed E-state index contributed by atoms with van der Waals surface area (Å²) in [5, 5.41) is 10.6. The van der Waals surface area contributed by atoms with Gasteiger partial charge in [-0.15, -0.1) is 11.3 Å². The van der Waals surface area contributed by atoms with Gasteiger partial charge in [-0.2, -0.15) is 0 Å². The Labute approximate surface area is 168 Å². The second-order valence-electron chi connectivity index (χ2n) is 5.84. The van der Waals surface area contributed by atoms with E-state index in [1.54, 1.807) is 13.0 Å². The van der Waals surface area contributed by atoms with Crippen LogP contribution in [0.1, 0.15) is 16.4 Å². The van der Waals surface area contributed by atoms with E-state index in [1.165, 1.54) is 30.2 Å². The lowest BCUT2D eigenvalue weighted by atomic mass is 10.2. The Morgan fingerprint density at radius 2 is 2.07 bits per heavy atom. The largest absolute Gasteiger partial charge is 0.510 e. The van der Waals surface area contributed by atoms with E-state index >= 15 is 0 Å². The van der Waals surface area contributed by atoms with Crippen molar-refractivity contribution in [1.29, 1.82) is 0 Å². The number of ether oxygens (including phenoxy) is 1. The summed E-state index contributed by atoms with van der Waals surface area (Å²) in [7, 11) is 1.24. The Kier molecular flexibility index (Phi) is 6.00. The van der Waals surface area contributed by atoms with Gasteiger partial charge in [-0.3, -0.25) is 4.79 Å². The number of amides is 1. The summed E-state index contributed by atoms with van der Waals surface area (Å²) in [5.41, 5.74) is 7.34. The quantitative estimate of drug-likeness (QED) is 0.233. The molecule has 0 saturated carbocycles. The van der Waals surface area contributed by atoms with Crippen molar-refractivity contribution in [3.8, 4) is 0 Å². The number of aliphatic hydroxyl groups excluding tert-OH is 1. The number of carbonyl (C=O) groups excluding carboxylic acids is 2. The smallest absolute Gasteiger partial charge is 0.345 e. The van der Waals surface area contributed by atoms with Crippen molar-refractivity contribution in [2.75, 3.05) is 12.9 Å². The van der Waals surface area contributed by atoms with Gasteiger partial charge in [0.2, 0.25) is 5.91 Å². The van der Waals surface area contributed by atoms with Crippen LogP contribution >= 0.6 is 23.1 Å². The third kappa shape index (κ3) is 4.34. The van der Waals surface area contributed by atoms with Gasteiger partial charge in [-0.05, 0) is 19.1 Å². The Bertz CT molecular complexity index is 1040. The number of carbonyl (C=O) groups is 2. The van der Waals surface area contributed by atoms with Gasteiger partial charge < -0.3 is 20.6 Å². The molecule has 1 aromatic carbocycles. The van der Waals surface area contributed by atoms with Crippen LogP contribution in [0, 0.1) is 6.92 Å². The molecule has 0 bridgehead atoms. The average molecular weight is 419 g/mol. The number of para-hydroxylation sites is 2.